The fourth-order valence-electron chi connectivity index (χ4n) is 2.28. The predicted octanol–water partition coefficient (Wildman–Crippen LogP) is 3.13. The number of benzene rings is 1. The summed E-state index contributed by atoms with van der Waals surface area (Å²) in [5.41, 5.74) is 2.96. The van der Waals surface area contributed by atoms with Gasteiger partial charge in [0.1, 0.15) is 11.6 Å². The van der Waals surface area contributed by atoms with Crippen LogP contribution in [0, 0.1) is 25.5 Å². The van der Waals surface area contributed by atoms with Gasteiger partial charge in [-0.2, -0.15) is 5.10 Å². The maximum atomic E-state index is 13.1. The number of halogens is 2. The molecule has 0 spiro atoms. The highest BCUT2D eigenvalue weighted by molar-refractivity contribution is 5.96. The minimum absolute atomic E-state index is 0.0710. The second-order valence-corrected chi connectivity index (χ2v) is 4.85. The van der Waals surface area contributed by atoms with Crippen LogP contribution in [0.25, 0.3) is 0 Å². The molecular weight excluding hydrogens is 262 g/mol. The molecule has 106 valence electrons. The molecule has 0 amide bonds. The Hall–Kier alpha value is -2.04. The van der Waals surface area contributed by atoms with E-state index >= 15 is 0 Å². The van der Waals surface area contributed by atoms with Crippen LogP contribution in [-0.4, -0.2) is 15.6 Å². The molecule has 0 unspecified atom stereocenters. The first kappa shape index (κ1) is 14.4. The number of Topliss-reactive ketones (excluding diaryl/α,β-unsaturated/α-hetero) is 1. The number of ketones is 1. The Bertz CT molecular complexity index is 642. The van der Waals surface area contributed by atoms with Crippen LogP contribution in [0.2, 0.25) is 0 Å². The van der Waals surface area contributed by atoms with Gasteiger partial charge in [0.25, 0.3) is 0 Å². The summed E-state index contributed by atoms with van der Waals surface area (Å²) in [4.78, 5) is 12.0. The van der Waals surface area contributed by atoms with Gasteiger partial charge < -0.3 is 0 Å². The Balaban J connectivity index is 2.12. The third-order valence-electron chi connectivity index (χ3n) is 3.45. The van der Waals surface area contributed by atoms with E-state index in [0.717, 1.165) is 35.2 Å². The summed E-state index contributed by atoms with van der Waals surface area (Å²) in [7, 11) is 1.84. The van der Waals surface area contributed by atoms with Crippen LogP contribution in [0.15, 0.2) is 18.2 Å². The molecule has 0 saturated heterocycles. The molecule has 0 aliphatic heterocycles. The molecule has 0 saturated carbocycles. The number of nitrogens with zero attached hydrogens (tertiary/aromatic N) is 2. The Morgan fingerprint density at radius 2 is 1.80 bits per heavy atom. The molecule has 1 heterocycles. The molecular formula is C15H16F2N2O. The molecule has 2 aromatic rings. The molecule has 3 nitrogen and oxygen atoms in total. The van der Waals surface area contributed by atoms with E-state index in [4.69, 9.17) is 0 Å². The minimum atomic E-state index is -0.734. The third kappa shape index (κ3) is 2.92. The number of aromatic nitrogens is 2. The van der Waals surface area contributed by atoms with Gasteiger partial charge in [-0.05, 0) is 38.0 Å². The van der Waals surface area contributed by atoms with Gasteiger partial charge in [-0.1, -0.05) is 0 Å². The van der Waals surface area contributed by atoms with Gasteiger partial charge in [-0.25, -0.2) is 8.78 Å². The Kier molecular flexibility index (Phi) is 3.97. The number of carbonyl (C=O) groups is 1. The van der Waals surface area contributed by atoms with Crippen molar-refractivity contribution in [2.24, 2.45) is 7.05 Å². The zero-order chi connectivity index (χ0) is 14.9. The van der Waals surface area contributed by atoms with Gasteiger partial charge in [0, 0.05) is 30.8 Å². The second kappa shape index (κ2) is 5.53. The summed E-state index contributed by atoms with van der Waals surface area (Å²) < 4.78 is 27.9. The van der Waals surface area contributed by atoms with E-state index in [0.29, 0.717) is 6.42 Å². The van der Waals surface area contributed by atoms with Crippen molar-refractivity contribution in [3.63, 3.8) is 0 Å². The molecule has 0 aliphatic carbocycles. The van der Waals surface area contributed by atoms with E-state index < -0.39 is 11.6 Å². The SMILES string of the molecule is Cc1nn(C)c(C)c1CCC(=O)c1cc(F)cc(F)c1. The lowest BCUT2D eigenvalue weighted by Gasteiger charge is -2.03. The second-order valence-electron chi connectivity index (χ2n) is 4.85. The normalized spacial score (nSPS) is 10.8. The zero-order valence-corrected chi connectivity index (χ0v) is 11.7. The van der Waals surface area contributed by atoms with Crippen LogP contribution in [0.4, 0.5) is 8.78 Å². The lowest BCUT2D eigenvalue weighted by atomic mass is 10.0. The van der Waals surface area contributed by atoms with Gasteiger partial charge >= 0.3 is 0 Å². The van der Waals surface area contributed by atoms with E-state index in [1.165, 1.54) is 0 Å². The van der Waals surface area contributed by atoms with E-state index in [-0.39, 0.29) is 17.8 Å². The first-order valence-corrected chi connectivity index (χ1v) is 6.37. The van der Waals surface area contributed by atoms with Crippen molar-refractivity contribution >= 4 is 5.78 Å². The summed E-state index contributed by atoms with van der Waals surface area (Å²) >= 11 is 0. The number of hydrogen-bond donors (Lipinski definition) is 0. The highest BCUT2D eigenvalue weighted by atomic mass is 19.1. The largest absolute Gasteiger partial charge is 0.294 e. The van der Waals surface area contributed by atoms with E-state index in [1.807, 2.05) is 20.9 Å². The summed E-state index contributed by atoms with van der Waals surface area (Å²) in [5, 5.41) is 4.27. The van der Waals surface area contributed by atoms with Gasteiger partial charge in [0.15, 0.2) is 5.78 Å². The number of aryl methyl sites for hydroxylation is 2. The molecule has 1 aromatic carbocycles. The van der Waals surface area contributed by atoms with Crippen LogP contribution in [0.3, 0.4) is 0 Å². The number of carbonyl (C=O) groups excluding carboxylic acids is 1. The molecule has 0 bridgehead atoms. The molecule has 20 heavy (non-hydrogen) atoms. The topological polar surface area (TPSA) is 34.9 Å². The molecule has 0 fully saturated rings. The van der Waals surface area contributed by atoms with Crippen LogP contribution < -0.4 is 0 Å². The summed E-state index contributed by atoms with van der Waals surface area (Å²) in [6.45, 7) is 3.82. The molecule has 5 heteroatoms. The van der Waals surface area contributed by atoms with Crippen LogP contribution in [-0.2, 0) is 13.5 Å². The summed E-state index contributed by atoms with van der Waals surface area (Å²) in [6, 6.07) is 2.88. The fourth-order valence-corrected chi connectivity index (χ4v) is 2.28. The highest BCUT2D eigenvalue weighted by Gasteiger charge is 2.13. The molecule has 1 aromatic heterocycles. The van der Waals surface area contributed by atoms with E-state index in [2.05, 4.69) is 5.10 Å². The molecule has 0 aliphatic rings. The van der Waals surface area contributed by atoms with E-state index in [9.17, 15) is 13.6 Å². The minimum Gasteiger partial charge on any atom is -0.294 e. The Morgan fingerprint density at radius 1 is 1.20 bits per heavy atom. The highest BCUT2D eigenvalue weighted by Crippen LogP contribution is 2.16. The zero-order valence-electron chi connectivity index (χ0n) is 11.7. The van der Waals surface area contributed by atoms with Crippen LogP contribution >= 0.6 is 0 Å². The molecule has 0 N–H and O–H groups in total. The lowest BCUT2D eigenvalue weighted by Crippen LogP contribution is -2.04. The van der Waals surface area contributed by atoms with Gasteiger partial charge in [0.05, 0.1) is 5.69 Å². The smallest absolute Gasteiger partial charge is 0.163 e. The van der Waals surface area contributed by atoms with Gasteiger partial charge in [-0.15, -0.1) is 0 Å². The molecule has 0 atom stereocenters. The lowest BCUT2D eigenvalue weighted by molar-refractivity contribution is 0.0982. The quantitative estimate of drug-likeness (QED) is 0.805. The molecule has 0 radical (unpaired) electrons. The Morgan fingerprint density at radius 3 is 2.30 bits per heavy atom. The van der Waals surface area contributed by atoms with Crippen molar-refractivity contribution in [1.29, 1.82) is 0 Å². The van der Waals surface area contributed by atoms with Crippen LogP contribution in [0.5, 0.6) is 0 Å². The van der Waals surface area contributed by atoms with Crippen molar-refractivity contribution in [3.05, 3.63) is 52.3 Å². The standard InChI is InChI=1S/C15H16F2N2O/c1-9-14(10(2)19(3)18-9)4-5-15(20)11-6-12(16)8-13(17)7-11/h6-8H,4-5H2,1-3H3. The van der Waals surface area contributed by atoms with Crippen molar-refractivity contribution < 1.29 is 13.6 Å². The summed E-state index contributed by atoms with van der Waals surface area (Å²) in [6.07, 6.45) is 0.721. The fraction of sp³-hybridized carbons (Fsp3) is 0.333. The van der Waals surface area contributed by atoms with E-state index in [1.54, 1.807) is 4.68 Å². The Labute approximate surface area is 116 Å². The maximum Gasteiger partial charge on any atom is 0.163 e. The maximum absolute atomic E-state index is 13.1. The van der Waals surface area contributed by atoms with Crippen molar-refractivity contribution in [1.82, 2.24) is 9.78 Å². The average molecular weight is 278 g/mol. The van der Waals surface area contributed by atoms with Gasteiger partial charge in [-0.3, -0.25) is 9.48 Å². The predicted molar refractivity (Wildman–Crippen MR) is 71.7 cm³/mol. The van der Waals surface area contributed by atoms with Crippen molar-refractivity contribution in [3.8, 4) is 0 Å². The molecule has 2 rings (SSSR count). The first-order valence-electron chi connectivity index (χ1n) is 6.37. The van der Waals surface area contributed by atoms with Gasteiger partial charge in [0.2, 0.25) is 0 Å². The third-order valence-corrected chi connectivity index (χ3v) is 3.45. The monoisotopic (exact) mass is 278 g/mol. The summed E-state index contributed by atoms with van der Waals surface area (Å²) in [5.74, 6) is -1.74. The first-order chi connectivity index (χ1) is 9.38. The average Bonchev–Trinajstić information content (AvgIpc) is 2.60. The number of rotatable bonds is 4. The van der Waals surface area contributed by atoms with Crippen LogP contribution in [0.1, 0.15) is 33.7 Å². The van der Waals surface area contributed by atoms with Crippen molar-refractivity contribution in [2.45, 2.75) is 26.7 Å². The van der Waals surface area contributed by atoms with Crippen molar-refractivity contribution in [2.75, 3.05) is 0 Å². The number of hydrogen-bond acceptors (Lipinski definition) is 2.